The fraction of sp³-hybridized carbons (Fsp3) is 0.280. The Morgan fingerprint density at radius 1 is 0.949 bits per heavy atom. The van der Waals surface area contributed by atoms with E-state index in [0.29, 0.717) is 24.5 Å². The van der Waals surface area contributed by atoms with Gasteiger partial charge in [-0.1, -0.05) is 17.3 Å². The first-order valence-corrected chi connectivity index (χ1v) is 11.8. The van der Waals surface area contributed by atoms with E-state index in [1.807, 2.05) is 31.2 Å². The van der Waals surface area contributed by atoms with Crippen LogP contribution in [0, 0.1) is 0 Å². The van der Waals surface area contributed by atoms with Crippen molar-refractivity contribution in [2.24, 2.45) is 0 Å². The molecule has 3 aromatic rings. The standard InChI is InChI=1S/C13H17N3O4.C12H13N3O4/c1-3-16-14-11(13(18)19)12(17)15(16)8-9-4-6-10(20-2)7-5-9;1-3-19-12(17)10-11(16)15(14-13-10)8-4-6-9(18-2)7-5-8/h4-7,14,17H,3,8H2,1-2H3,(H,18,19);4-7,16H,3H2,1-2H3. The fourth-order valence-corrected chi connectivity index (χ4v) is 3.45. The van der Waals surface area contributed by atoms with Gasteiger partial charge in [-0.3, -0.25) is 10.4 Å². The molecule has 4 rings (SSSR count). The van der Waals surface area contributed by atoms with Gasteiger partial charge in [-0.05, 0) is 55.8 Å². The number of hydrogen-bond acceptors (Lipinski definition) is 12. The number of carbonyl (C=O) groups is 2. The molecule has 0 saturated carbocycles. The first-order valence-electron chi connectivity index (χ1n) is 11.8. The fourth-order valence-electron chi connectivity index (χ4n) is 3.45. The van der Waals surface area contributed by atoms with Crippen LogP contribution in [0.1, 0.15) is 29.9 Å². The molecule has 0 amide bonds. The molecule has 4 N–H and O–H groups in total. The average Bonchev–Trinajstić information content (AvgIpc) is 3.49. The lowest BCUT2D eigenvalue weighted by Gasteiger charge is -2.28. The molecule has 0 atom stereocenters. The second-order valence-electron chi connectivity index (χ2n) is 7.83. The van der Waals surface area contributed by atoms with Gasteiger partial charge in [-0.2, -0.15) is 4.68 Å². The smallest absolute Gasteiger partial charge is 0.364 e. The zero-order valence-electron chi connectivity index (χ0n) is 21.9. The molecule has 39 heavy (non-hydrogen) atoms. The van der Waals surface area contributed by atoms with Crippen LogP contribution in [0.3, 0.4) is 0 Å². The van der Waals surface area contributed by atoms with Crippen LogP contribution in [0.2, 0.25) is 0 Å². The van der Waals surface area contributed by atoms with Crippen molar-refractivity contribution in [3.63, 3.8) is 0 Å². The van der Waals surface area contributed by atoms with Crippen molar-refractivity contribution in [3.05, 3.63) is 71.4 Å². The Bertz CT molecular complexity index is 1310. The number of benzene rings is 2. The normalized spacial score (nSPS) is 12.9. The number of methoxy groups -OCH3 is 2. The molecule has 0 radical (unpaired) electrons. The Labute approximate surface area is 224 Å². The molecular formula is C25H30N6O8. The number of nitrogens with zero attached hydrogens (tertiary/aromatic N) is 5. The van der Waals surface area contributed by atoms with Crippen LogP contribution in [0.15, 0.2) is 60.1 Å². The van der Waals surface area contributed by atoms with Crippen molar-refractivity contribution in [2.45, 2.75) is 20.4 Å². The third-order valence-corrected chi connectivity index (χ3v) is 5.44. The van der Waals surface area contributed by atoms with E-state index in [1.165, 1.54) is 5.01 Å². The van der Waals surface area contributed by atoms with Crippen molar-refractivity contribution in [1.82, 2.24) is 30.5 Å². The highest BCUT2D eigenvalue weighted by Gasteiger charge is 2.32. The maximum Gasteiger partial charge on any atom is 0.364 e. The number of aromatic hydroxyl groups is 1. The number of hydrazine groups is 2. The van der Waals surface area contributed by atoms with Gasteiger partial charge in [0.05, 0.1) is 33.1 Å². The molecule has 14 heteroatoms. The molecule has 1 aliphatic heterocycles. The summed E-state index contributed by atoms with van der Waals surface area (Å²) in [5, 5.41) is 39.2. The predicted molar refractivity (Wildman–Crippen MR) is 137 cm³/mol. The van der Waals surface area contributed by atoms with Gasteiger partial charge in [0.2, 0.25) is 17.5 Å². The maximum absolute atomic E-state index is 11.5. The van der Waals surface area contributed by atoms with Gasteiger partial charge in [0.25, 0.3) is 0 Å². The lowest BCUT2D eigenvalue weighted by Crippen LogP contribution is -2.43. The van der Waals surface area contributed by atoms with Crippen LogP contribution in [-0.2, 0) is 16.1 Å². The highest BCUT2D eigenvalue weighted by molar-refractivity contribution is 5.89. The van der Waals surface area contributed by atoms with Gasteiger partial charge in [0.15, 0.2) is 5.70 Å². The maximum atomic E-state index is 11.5. The molecule has 0 spiro atoms. The van der Waals surface area contributed by atoms with E-state index in [9.17, 15) is 19.8 Å². The Kier molecular flexibility index (Phi) is 9.53. The minimum atomic E-state index is -1.20. The molecule has 0 fully saturated rings. The number of carboxylic acids is 1. The molecule has 1 aromatic heterocycles. The highest BCUT2D eigenvalue weighted by atomic mass is 16.5. The van der Waals surface area contributed by atoms with E-state index in [4.69, 9.17) is 19.3 Å². The van der Waals surface area contributed by atoms with E-state index in [-0.39, 0.29) is 29.8 Å². The summed E-state index contributed by atoms with van der Waals surface area (Å²) in [6, 6.07) is 14.1. The van der Waals surface area contributed by atoms with Gasteiger partial charge >= 0.3 is 11.9 Å². The first kappa shape index (κ1) is 28.6. The number of aromatic nitrogens is 3. The number of aliphatic hydroxyl groups excluding tert-OH is 1. The van der Waals surface area contributed by atoms with E-state index in [2.05, 4.69) is 15.7 Å². The number of esters is 1. The molecule has 2 aromatic carbocycles. The Morgan fingerprint density at radius 3 is 2.05 bits per heavy atom. The number of carbonyl (C=O) groups excluding carboxylic acids is 1. The quantitative estimate of drug-likeness (QED) is 0.290. The summed E-state index contributed by atoms with van der Waals surface area (Å²) in [7, 11) is 3.15. The van der Waals surface area contributed by atoms with Crippen LogP contribution < -0.4 is 14.9 Å². The van der Waals surface area contributed by atoms with Crippen LogP contribution >= 0.6 is 0 Å². The monoisotopic (exact) mass is 542 g/mol. The minimum Gasteiger partial charge on any atom is -0.497 e. The lowest BCUT2D eigenvalue weighted by molar-refractivity contribution is -0.133. The van der Waals surface area contributed by atoms with Crippen molar-refractivity contribution < 1.29 is 39.1 Å². The van der Waals surface area contributed by atoms with Gasteiger partial charge < -0.3 is 29.5 Å². The van der Waals surface area contributed by atoms with Crippen molar-refractivity contribution >= 4 is 11.9 Å². The summed E-state index contributed by atoms with van der Waals surface area (Å²) in [6.45, 7) is 4.59. The Hall–Kier alpha value is -4.98. The largest absolute Gasteiger partial charge is 0.497 e. The Balaban J connectivity index is 0.000000216. The molecule has 2 heterocycles. The first-order chi connectivity index (χ1) is 18.7. The van der Waals surface area contributed by atoms with E-state index >= 15 is 0 Å². The summed E-state index contributed by atoms with van der Waals surface area (Å²) in [5.74, 6) is -1.14. The van der Waals surface area contributed by atoms with Gasteiger partial charge in [-0.25, -0.2) is 9.59 Å². The molecular weight excluding hydrogens is 512 g/mol. The number of ether oxygens (including phenoxy) is 3. The highest BCUT2D eigenvalue weighted by Crippen LogP contribution is 2.23. The summed E-state index contributed by atoms with van der Waals surface area (Å²) in [5.41, 5.74) is 3.69. The third kappa shape index (κ3) is 6.67. The second kappa shape index (κ2) is 13.0. The third-order valence-electron chi connectivity index (χ3n) is 5.44. The molecule has 14 nitrogen and oxygen atoms in total. The zero-order chi connectivity index (χ0) is 28.5. The van der Waals surface area contributed by atoms with E-state index in [0.717, 1.165) is 16.0 Å². The lowest BCUT2D eigenvalue weighted by atomic mass is 10.2. The minimum absolute atomic E-state index is 0.202. The van der Waals surface area contributed by atoms with E-state index in [1.54, 1.807) is 50.5 Å². The summed E-state index contributed by atoms with van der Waals surface area (Å²) >= 11 is 0. The average molecular weight is 543 g/mol. The summed E-state index contributed by atoms with van der Waals surface area (Å²) in [6.07, 6.45) is 0. The summed E-state index contributed by atoms with van der Waals surface area (Å²) < 4.78 is 16.0. The molecule has 0 saturated heterocycles. The SMILES string of the molecule is CCN1NC(C(=O)O)=C(O)N1Cc1ccc(OC)cc1.CCOC(=O)c1nnn(-c2ccc(OC)cc2)c1O. The number of rotatable bonds is 9. The molecule has 208 valence electrons. The van der Waals surface area contributed by atoms with Gasteiger partial charge in [-0.15, -0.1) is 10.2 Å². The summed E-state index contributed by atoms with van der Waals surface area (Å²) in [4.78, 5) is 22.5. The van der Waals surface area contributed by atoms with Crippen LogP contribution in [0.4, 0.5) is 0 Å². The molecule has 0 bridgehead atoms. The Morgan fingerprint density at radius 2 is 1.54 bits per heavy atom. The van der Waals surface area contributed by atoms with Crippen LogP contribution in [0.25, 0.3) is 5.69 Å². The number of nitrogens with one attached hydrogen (secondary N) is 1. The molecule has 1 aliphatic rings. The van der Waals surface area contributed by atoms with Crippen molar-refractivity contribution in [2.75, 3.05) is 27.4 Å². The second-order valence-corrected chi connectivity index (χ2v) is 7.83. The van der Waals surface area contributed by atoms with Crippen molar-refractivity contribution in [1.29, 1.82) is 0 Å². The number of carboxylic acid groups (broad SMARTS) is 1. The zero-order valence-corrected chi connectivity index (χ0v) is 21.9. The number of aliphatic carboxylic acids is 1. The van der Waals surface area contributed by atoms with Crippen LogP contribution in [-0.4, -0.2) is 79.8 Å². The topological polar surface area (TPSA) is 172 Å². The predicted octanol–water partition coefficient (Wildman–Crippen LogP) is 2.22. The van der Waals surface area contributed by atoms with Gasteiger partial charge in [0, 0.05) is 6.54 Å². The number of aliphatic hydroxyl groups is 1. The van der Waals surface area contributed by atoms with Crippen molar-refractivity contribution in [3.8, 4) is 23.1 Å². The van der Waals surface area contributed by atoms with E-state index < -0.39 is 11.9 Å². The van der Waals surface area contributed by atoms with Gasteiger partial charge in [0.1, 0.15) is 11.5 Å². The van der Waals surface area contributed by atoms with Crippen LogP contribution in [0.5, 0.6) is 17.4 Å². The number of hydrogen-bond donors (Lipinski definition) is 4. The molecule has 0 aliphatic carbocycles. The molecule has 0 unspecified atom stereocenters.